The van der Waals surface area contributed by atoms with Crippen LogP contribution in [0.1, 0.15) is 5.69 Å². The number of halogens is 2. The van der Waals surface area contributed by atoms with E-state index < -0.39 is 0 Å². The predicted octanol–water partition coefficient (Wildman–Crippen LogP) is 3.32. The molecule has 0 fully saturated rings. The summed E-state index contributed by atoms with van der Waals surface area (Å²) >= 11 is 6.71. The summed E-state index contributed by atoms with van der Waals surface area (Å²) in [6, 6.07) is 7.41. The molecule has 0 radical (unpaired) electrons. The van der Waals surface area contributed by atoms with Crippen molar-refractivity contribution < 1.29 is 4.42 Å². The summed E-state index contributed by atoms with van der Waals surface area (Å²) in [5, 5.41) is 8.72. The van der Waals surface area contributed by atoms with Crippen molar-refractivity contribution in [2.24, 2.45) is 0 Å². The van der Waals surface area contributed by atoms with Crippen LogP contribution in [0.15, 0.2) is 31.6 Å². The highest BCUT2D eigenvalue weighted by Crippen LogP contribution is 2.29. The van der Waals surface area contributed by atoms with E-state index >= 15 is 0 Å². The Kier molecular flexibility index (Phi) is 2.99. The van der Waals surface area contributed by atoms with Crippen molar-refractivity contribution in [3.8, 4) is 17.5 Å². The number of aromatic nitrogens is 1. The Morgan fingerprint density at radius 1 is 1.25 bits per heavy atom. The Labute approximate surface area is 108 Å². The molecule has 0 spiro atoms. The topological polar surface area (TPSA) is 75.8 Å². The number of nitrogens with zero attached hydrogens (tertiary/aromatic N) is 2. The van der Waals surface area contributed by atoms with E-state index in [2.05, 4.69) is 36.8 Å². The average Bonchev–Trinajstić information content (AvgIpc) is 2.58. The van der Waals surface area contributed by atoms with E-state index in [1.807, 2.05) is 24.3 Å². The lowest BCUT2D eigenvalue weighted by Gasteiger charge is -1.98. The van der Waals surface area contributed by atoms with E-state index in [1.165, 1.54) is 0 Å². The van der Waals surface area contributed by atoms with Gasteiger partial charge in [0.25, 0.3) is 0 Å². The standard InChI is InChI=1S/C10H5Br2N3O/c11-6-1-5(2-7(12)3-6)10-15-8(4-13)9(14)16-10/h1-3H,14H2. The number of oxazole rings is 1. The summed E-state index contributed by atoms with van der Waals surface area (Å²) in [6.07, 6.45) is 0. The van der Waals surface area contributed by atoms with E-state index in [0.717, 1.165) is 14.5 Å². The minimum absolute atomic E-state index is 0.0357. The molecule has 2 N–H and O–H groups in total. The molecule has 0 aliphatic heterocycles. The molecule has 2 rings (SSSR count). The van der Waals surface area contributed by atoms with Gasteiger partial charge in [-0.1, -0.05) is 31.9 Å². The first-order valence-electron chi connectivity index (χ1n) is 4.23. The SMILES string of the molecule is N#Cc1nc(-c2cc(Br)cc(Br)c2)oc1N. The van der Waals surface area contributed by atoms with Gasteiger partial charge in [0.05, 0.1) is 0 Å². The maximum atomic E-state index is 8.72. The molecule has 0 aliphatic rings. The second-order valence-corrected chi connectivity index (χ2v) is 4.83. The van der Waals surface area contributed by atoms with Gasteiger partial charge in [0, 0.05) is 14.5 Å². The molecule has 0 amide bonds. The lowest BCUT2D eigenvalue weighted by atomic mass is 10.2. The van der Waals surface area contributed by atoms with Crippen LogP contribution in [0.2, 0.25) is 0 Å². The maximum absolute atomic E-state index is 8.72. The molecule has 0 atom stereocenters. The zero-order valence-electron chi connectivity index (χ0n) is 7.87. The predicted molar refractivity (Wildman–Crippen MR) is 66.5 cm³/mol. The number of nitrogens with two attached hydrogens (primary N) is 1. The lowest BCUT2D eigenvalue weighted by Crippen LogP contribution is -1.84. The second-order valence-electron chi connectivity index (χ2n) is 3.00. The van der Waals surface area contributed by atoms with Gasteiger partial charge in [-0.15, -0.1) is 0 Å². The Hall–Kier alpha value is -1.32. The van der Waals surface area contributed by atoms with Gasteiger partial charge in [-0.25, -0.2) is 0 Å². The lowest BCUT2D eigenvalue weighted by molar-refractivity contribution is 0.593. The summed E-state index contributed by atoms with van der Waals surface area (Å²) in [5.74, 6) is 0.365. The van der Waals surface area contributed by atoms with Crippen LogP contribution < -0.4 is 5.73 Å². The molecule has 1 aromatic heterocycles. The fourth-order valence-corrected chi connectivity index (χ4v) is 2.51. The first kappa shape index (κ1) is 11.2. The normalized spacial score (nSPS) is 10.1. The molecule has 80 valence electrons. The summed E-state index contributed by atoms with van der Waals surface area (Å²) in [5.41, 5.74) is 6.34. The molecule has 0 unspecified atom stereocenters. The minimum Gasteiger partial charge on any atom is -0.419 e. The fourth-order valence-electron chi connectivity index (χ4n) is 1.21. The van der Waals surface area contributed by atoms with Crippen molar-refractivity contribution in [1.29, 1.82) is 5.26 Å². The van der Waals surface area contributed by atoms with E-state index in [1.54, 1.807) is 0 Å². The summed E-state index contributed by atoms with van der Waals surface area (Å²) in [4.78, 5) is 3.99. The highest BCUT2D eigenvalue weighted by Gasteiger charge is 2.12. The third-order valence-electron chi connectivity index (χ3n) is 1.87. The van der Waals surface area contributed by atoms with Gasteiger partial charge in [0.2, 0.25) is 17.5 Å². The van der Waals surface area contributed by atoms with E-state index in [9.17, 15) is 0 Å². The zero-order valence-corrected chi connectivity index (χ0v) is 11.0. The van der Waals surface area contributed by atoms with Crippen molar-refractivity contribution in [3.05, 3.63) is 32.8 Å². The third kappa shape index (κ3) is 2.10. The molecule has 0 aliphatic carbocycles. The molecule has 1 heterocycles. The molecule has 0 saturated carbocycles. The number of hydrogen-bond donors (Lipinski definition) is 1. The van der Waals surface area contributed by atoms with E-state index in [4.69, 9.17) is 15.4 Å². The molecular formula is C10H5Br2N3O. The summed E-state index contributed by atoms with van der Waals surface area (Å²) < 4.78 is 6.97. The average molecular weight is 343 g/mol. The quantitative estimate of drug-likeness (QED) is 0.862. The van der Waals surface area contributed by atoms with Crippen LogP contribution in [0.4, 0.5) is 5.88 Å². The molecule has 4 nitrogen and oxygen atoms in total. The number of nitriles is 1. The maximum Gasteiger partial charge on any atom is 0.230 e. The molecular weight excluding hydrogens is 338 g/mol. The van der Waals surface area contributed by atoms with Gasteiger partial charge >= 0.3 is 0 Å². The smallest absolute Gasteiger partial charge is 0.230 e. The van der Waals surface area contributed by atoms with Crippen molar-refractivity contribution in [3.63, 3.8) is 0 Å². The number of benzene rings is 1. The zero-order chi connectivity index (χ0) is 11.7. The first-order chi connectivity index (χ1) is 7.60. The molecule has 0 bridgehead atoms. The minimum atomic E-state index is 0.0357. The van der Waals surface area contributed by atoms with Gasteiger partial charge in [-0.05, 0) is 18.2 Å². The van der Waals surface area contributed by atoms with Crippen molar-refractivity contribution in [2.45, 2.75) is 0 Å². The fraction of sp³-hybridized carbons (Fsp3) is 0. The number of hydrogen-bond acceptors (Lipinski definition) is 4. The van der Waals surface area contributed by atoms with Crippen LogP contribution in [-0.4, -0.2) is 4.98 Å². The summed E-state index contributed by atoms with van der Waals surface area (Å²) in [7, 11) is 0. The third-order valence-corrected chi connectivity index (χ3v) is 2.78. The second kappa shape index (κ2) is 4.28. The van der Waals surface area contributed by atoms with Crippen LogP contribution in [0.25, 0.3) is 11.5 Å². The van der Waals surface area contributed by atoms with Gasteiger partial charge in [0.15, 0.2) is 0 Å². The number of nitrogen functional groups attached to an aromatic ring is 1. The molecule has 0 saturated heterocycles. The Bertz CT molecular complexity index is 566. The Morgan fingerprint density at radius 3 is 2.38 bits per heavy atom. The van der Waals surface area contributed by atoms with E-state index in [-0.39, 0.29) is 11.6 Å². The van der Waals surface area contributed by atoms with Crippen LogP contribution in [-0.2, 0) is 0 Å². The largest absolute Gasteiger partial charge is 0.419 e. The van der Waals surface area contributed by atoms with Crippen LogP contribution in [0, 0.1) is 11.3 Å². The Morgan fingerprint density at radius 2 is 1.88 bits per heavy atom. The van der Waals surface area contributed by atoms with Crippen molar-refractivity contribution in [1.82, 2.24) is 4.98 Å². The van der Waals surface area contributed by atoms with Crippen LogP contribution in [0.5, 0.6) is 0 Å². The van der Waals surface area contributed by atoms with Crippen LogP contribution in [0.3, 0.4) is 0 Å². The van der Waals surface area contributed by atoms with Gasteiger partial charge in [-0.3, -0.25) is 0 Å². The number of rotatable bonds is 1. The monoisotopic (exact) mass is 341 g/mol. The van der Waals surface area contributed by atoms with Crippen molar-refractivity contribution in [2.75, 3.05) is 5.73 Å². The van der Waals surface area contributed by atoms with Gasteiger partial charge < -0.3 is 10.2 Å². The van der Waals surface area contributed by atoms with Gasteiger partial charge in [-0.2, -0.15) is 10.2 Å². The van der Waals surface area contributed by atoms with Crippen LogP contribution >= 0.6 is 31.9 Å². The van der Waals surface area contributed by atoms with E-state index in [0.29, 0.717) is 5.89 Å². The molecule has 1 aromatic carbocycles. The Balaban J connectivity index is 2.55. The highest BCUT2D eigenvalue weighted by atomic mass is 79.9. The van der Waals surface area contributed by atoms with Crippen molar-refractivity contribution >= 4 is 37.7 Å². The first-order valence-corrected chi connectivity index (χ1v) is 5.81. The molecule has 16 heavy (non-hydrogen) atoms. The molecule has 2 aromatic rings. The molecule has 6 heteroatoms. The van der Waals surface area contributed by atoms with Gasteiger partial charge in [0.1, 0.15) is 6.07 Å². The number of anilines is 1. The summed E-state index contributed by atoms with van der Waals surface area (Å²) in [6.45, 7) is 0. The highest BCUT2D eigenvalue weighted by molar-refractivity contribution is 9.11.